The summed E-state index contributed by atoms with van der Waals surface area (Å²) < 4.78 is 6.09. The summed E-state index contributed by atoms with van der Waals surface area (Å²) in [6.07, 6.45) is 0. The highest BCUT2D eigenvalue weighted by atomic mass is 79.9. The van der Waals surface area contributed by atoms with Crippen LogP contribution in [0.2, 0.25) is 5.02 Å². The van der Waals surface area contributed by atoms with Crippen molar-refractivity contribution in [1.82, 2.24) is 5.16 Å². The molecule has 0 amide bonds. The molecule has 2 aromatic rings. The summed E-state index contributed by atoms with van der Waals surface area (Å²) in [4.78, 5) is 0. The molecule has 2 rings (SSSR count). The van der Waals surface area contributed by atoms with E-state index in [1.165, 1.54) is 0 Å². The molecule has 0 spiro atoms. The van der Waals surface area contributed by atoms with Gasteiger partial charge in [-0.25, -0.2) is 0 Å². The third-order valence-electron chi connectivity index (χ3n) is 2.57. The third-order valence-corrected chi connectivity index (χ3v) is 3.49. The first-order valence-electron chi connectivity index (χ1n) is 5.18. The van der Waals surface area contributed by atoms with Gasteiger partial charge in [0.25, 0.3) is 0 Å². The summed E-state index contributed by atoms with van der Waals surface area (Å²) in [5.41, 5.74) is 2.95. The molecule has 1 aromatic carbocycles. The summed E-state index contributed by atoms with van der Waals surface area (Å²) in [7, 11) is 0. The lowest BCUT2D eigenvalue weighted by Crippen LogP contribution is -2.01. The molecule has 0 unspecified atom stereocenters. The van der Waals surface area contributed by atoms with Crippen LogP contribution >= 0.6 is 27.5 Å². The molecule has 0 aliphatic rings. The normalized spacial score (nSPS) is 10.6. The molecule has 0 aliphatic heterocycles. The standard InChI is InChI=1S/C12H12BrClN2O/c1-7-10(8(2)17-16-7)6-15-12-5-9(14)3-4-11(12)13/h3-5,15H,6H2,1-2H3. The lowest BCUT2D eigenvalue weighted by molar-refractivity contribution is 0.392. The Morgan fingerprint density at radius 2 is 2.18 bits per heavy atom. The van der Waals surface area contributed by atoms with E-state index >= 15 is 0 Å². The SMILES string of the molecule is Cc1noc(C)c1CNc1cc(Cl)ccc1Br. The predicted molar refractivity (Wildman–Crippen MR) is 72.5 cm³/mol. The molecule has 0 radical (unpaired) electrons. The van der Waals surface area contributed by atoms with Crippen LogP contribution in [0.5, 0.6) is 0 Å². The Balaban J connectivity index is 2.15. The average molecular weight is 316 g/mol. The van der Waals surface area contributed by atoms with Gasteiger partial charge in [0, 0.05) is 21.6 Å². The van der Waals surface area contributed by atoms with Crippen molar-refractivity contribution < 1.29 is 4.52 Å². The van der Waals surface area contributed by atoms with E-state index in [2.05, 4.69) is 26.4 Å². The summed E-state index contributed by atoms with van der Waals surface area (Å²) in [5, 5.41) is 7.93. The van der Waals surface area contributed by atoms with E-state index in [4.69, 9.17) is 16.1 Å². The molecule has 1 N–H and O–H groups in total. The Morgan fingerprint density at radius 3 is 2.82 bits per heavy atom. The van der Waals surface area contributed by atoms with Crippen LogP contribution in [-0.4, -0.2) is 5.16 Å². The number of aromatic nitrogens is 1. The van der Waals surface area contributed by atoms with E-state index in [-0.39, 0.29) is 0 Å². The van der Waals surface area contributed by atoms with Crippen LogP contribution in [0.3, 0.4) is 0 Å². The Labute approximate surface area is 113 Å². The number of nitrogens with one attached hydrogen (secondary N) is 1. The summed E-state index contributed by atoms with van der Waals surface area (Å²) in [6, 6.07) is 5.63. The number of hydrogen-bond donors (Lipinski definition) is 1. The quantitative estimate of drug-likeness (QED) is 0.916. The van der Waals surface area contributed by atoms with E-state index in [9.17, 15) is 0 Å². The maximum absolute atomic E-state index is 5.95. The van der Waals surface area contributed by atoms with E-state index in [1.807, 2.05) is 32.0 Å². The van der Waals surface area contributed by atoms with Crippen LogP contribution in [0.15, 0.2) is 27.2 Å². The molecular weight excluding hydrogens is 304 g/mol. The molecule has 1 aromatic heterocycles. The molecule has 0 saturated heterocycles. The predicted octanol–water partition coefficient (Wildman–Crippen LogP) is 4.32. The van der Waals surface area contributed by atoms with Gasteiger partial charge < -0.3 is 9.84 Å². The minimum Gasteiger partial charge on any atom is -0.380 e. The first-order valence-corrected chi connectivity index (χ1v) is 6.35. The topological polar surface area (TPSA) is 38.1 Å². The van der Waals surface area contributed by atoms with Gasteiger partial charge in [0.05, 0.1) is 11.4 Å². The van der Waals surface area contributed by atoms with Gasteiger partial charge >= 0.3 is 0 Å². The molecule has 0 aliphatic carbocycles. The van der Waals surface area contributed by atoms with Crippen molar-refractivity contribution in [3.8, 4) is 0 Å². The molecule has 0 atom stereocenters. The first-order chi connectivity index (χ1) is 8.08. The largest absolute Gasteiger partial charge is 0.380 e. The fourth-order valence-corrected chi connectivity index (χ4v) is 2.13. The molecule has 90 valence electrons. The second-order valence-corrected chi connectivity index (χ2v) is 5.07. The van der Waals surface area contributed by atoms with E-state index in [0.717, 1.165) is 27.2 Å². The summed E-state index contributed by atoms with van der Waals surface area (Å²) >= 11 is 9.42. The van der Waals surface area contributed by atoms with E-state index < -0.39 is 0 Å². The van der Waals surface area contributed by atoms with Gasteiger partial charge in [-0.1, -0.05) is 16.8 Å². The zero-order valence-corrected chi connectivity index (χ0v) is 11.9. The van der Waals surface area contributed by atoms with Gasteiger partial charge in [0.2, 0.25) is 0 Å². The number of anilines is 1. The molecular formula is C12H12BrClN2O. The molecule has 3 nitrogen and oxygen atoms in total. The monoisotopic (exact) mass is 314 g/mol. The maximum Gasteiger partial charge on any atom is 0.138 e. The smallest absolute Gasteiger partial charge is 0.138 e. The lowest BCUT2D eigenvalue weighted by atomic mass is 10.2. The van der Waals surface area contributed by atoms with Crippen molar-refractivity contribution in [3.05, 3.63) is 44.7 Å². The second-order valence-electron chi connectivity index (χ2n) is 3.78. The zero-order valence-electron chi connectivity index (χ0n) is 9.55. The van der Waals surface area contributed by atoms with Crippen LogP contribution in [0.25, 0.3) is 0 Å². The number of nitrogens with zero attached hydrogens (tertiary/aromatic N) is 1. The van der Waals surface area contributed by atoms with Crippen LogP contribution < -0.4 is 5.32 Å². The van der Waals surface area contributed by atoms with E-state index in [0.29, 0.717) is 11.6 Å². The minimum atomic E-state index is 0.667. The van der Waals surface area contributed by atoms with Crippen molar-refractivity contribution in [3.63, 3.8) is 0 Å². The van der Waals surface area contributed by atoms with Crippen molar-refractivity contribution in [2.24, 2.45) is 0 Å². The number of hydrogen-bond acceptors (Lipinski definition) is 3. The number of aryl methyl sites for hydroxylation is 2. The van der Waals surface area contributed by atoms with Crippen LogP contribution in [-0.2, 0) is 6.54 Å². The number of rotatable bonds is 3. The Morgan fingerprint density at radius 1 is 1.41 bits per heavy atom. The van der Waals surface area contributed by atoms with Gasteiger partial charge in [-0.15, -0.1) is 0 Å². The van der Waals surface area contributed by atoms with Gasteiger partial charge in [-0.05, 0) is 48.0 Å². The molecule has 5 heteroatoms. The fraction of sp³-hybridized carbons (Fsp3) is 0.250. The van der Waals surface area contributed by atoms with Crippen molar-refractivity contribution in [1.29, 1.82) is 0 Å². The minimum absolute atomic E-state index is 0.667. The van der Waals surface area contributed by atoms with Gasteiger partial charge in [0.1, 0.15) is 5.76 Å². The highest BCUT2D eigenvalue weighted by molar-refractivity contribution is 9.10. The fourth-order valence-electron chi connectivity index (χ4n) is 1.57. The Bertz CT molecular complexity index is 520. The number of benzene rings is 1. The van der Waals surface area contributed by atoms with Crippen molar-refractivity contribution in [2.75, 3.05) is 5.32 Å². The van der Waals surface area contributed by atoms with Crippen LogP contribution in [0.1, 0.15) is 17.0 Å². The van der Waals surface area contributed by atoms with E-state index in [1.54, 1.807) is 0 Å². The first kappa shape index (κ1) is 12.5. The molecule has 0 bridgehead atoms. The zero-order chi connectivity index (χ0) is 12.4. The summed E-state index contributed by atoms with van der Waals surface area (Å²) in [5.74, 6) is 0.841. The number of halogens is 2. The van der Waals surface area contributed by atoms with Crippen molar-refractivity contribution in [2.45, 2.75) is 20.4 Å². The van der Waals surface area contributed by atoms with Crippen molar-refractivity contribution >= 4 is 33.2 Å². The highest BCUT2D eigenvalue weighted by Gasteiger charge is 2.09. The maximum atomic E-state index is 5.95. The Hall–Kier alpha value is -1.000. The van der Waals surface area contributed by atoms with Gasteiger partial charge in [0.15, 0.2) is 0 Å². The molecule has 0 fully saturated rings. The molecule has 17 heavy (non-hydrogen) atoms. The molecule has 1 heterocycles. The highest BCUT2D eigenvalue weighted by Crippen LogP contribution is 2.26. The second kappa shape index (κ2) is 5.10. The van der Waals surface area contributed by atoms with Crippen LogP contribution in [0, 0.1) is 13.8 Å². The summed E-state index contributed by atoms with van der Waals surface area (Å²) in [6.45, 7) is 4.50. The third kappa shape index (κ3) is 2.82. The van der Waals surface area contributed by atoms with Gasteiger partial charge in [-0.3, -0.25) is 0 Å². The average Bonchev–Trinajstić information content (AvgIpc) is 2.61. The van der Waals surface area contributed by atoms with Gasteiger partial charge in [-0.2, -0.15) is 0 Å². The Kier molecular flexibility index (Phi) is 3.74. The molecule has 0 saturated carbocycles. The lowest BCUT2D eigenvalue weighted by Gasteiger charge is -2.08. The van der Waals surface area contributed by atoms with Crippen LogP contribution in [0.4, 0.5) is 5.69 Å².